The highest BCUT2D eigenvalue weighted by molar-refractivity contribution is 7.13. The molecule has 0 aliphatic rings. The number of hydrogen-bond acceptors (Lipinski definition) is 6. The summed E-state index contributed by atoms with van der Waals surface area (Å²) >= 11 is 1.54. The van der Waals surface area contributed by atoms with E-state index in [0.717, 1.165) is 22.7 Å². The monoisotopic (exact) mass is 430 g/mol. The van der Waals surface area contributed by atoms with Crippen molar-refractivity contribution in [2.75, 3.05) is 0 Å². The summed E-state index contributed by atoms with van der Waals surface area (Å²) in [5.74, 6) is -0.00871. The van der Waals surface area contributed by atoms with Crippen molar-refractivity contribution in [3.8, 4) is 33.6 Å². The van der Waals surface area contributed by atoms with Crippen molar-refractivity contribution in [2.45, 2.75) is 12.8 Å². The molecule has 7 nitrogen and oxygen atoms in total. The van der Waals surface area contributed by atoms with Gasteiger partial charge in [-0.25, -0.2) is 0 Å². The molecular formula is C19H13F3N6OS. The van der Waals surface area contributed by atoms with Gasteiger partial charge in [-0.1, -0.05) is 6.07 Å². The molecule has 30 heavy (non-hydrogen) atoms. The number of ether oxygens (including phenoxy) is 1. The minimum Gasteiger partial charge on any atom is -0.487 e. The second-order valence-electron chi connectivity index (χ2n) is 6.29. The van der Waals surface area contributed by atoms with Crippen molar-refractivity contribution in [3.63, 3.8) is 0 Å². The molecule has 3 aromatic heterocycles. The lowest BCUT2D eigenvalue weighted by Gasteiger charge is -2.12. The van der Waals surface area contributed by atoms with Gasteiger partial charge in [-0.3, -0.25) is 4.68 Å². The molecule has 4 rings (SSSR count). The maximum Gasteiger partial charge on any atom is 0.416 e. The summed E-state index contributed by atoms with van der Waals surface area (Å²) in [6.45, 7) is 0.0134. The minimum atomic E-state index is -4.59. The number of nitriles is 1. The third-order valence-corrected chi connectivity index (χ3v) is 5.19. The van der Waals surface area contributed by atoms with Gasteiger partial charge in [-0.15, -0.1) is 16.4 Å². The Hall–Kier alpha value is -3.65. The zero-order valence-corrected chi connectivity index (χ0v) is 16.3. The summed E-state index contributed by atoms with van der Waals surface area (Å²) in [4.78, 5) is 0.980. The molecule has 0 radical (unpaired) electrons. The molecule has 11 heteroatoms. The first kappa shape index (κ1) is 19.7. The van der Waals surface area contributed by atoms with Crippen molar-refractivity contribution in [1.82, 2.24) is 25.2 Å². The number of halogens is 3. The van der Waals surface area contributed by atoms with Gasteiger partial charge in [0.15, 0.2) is 5.69 Å². The largest absolute Gasteiger partial charge is 0.487 e. The Morgan fingerprint density at radius 3 is 2.77 bits per heavy atom. The summed E-state index contributed by atoms with van der Waals surface area (Å²) in [5.41, 5.74) is 0.538. The fourth-order valence-corrected chi connectivity index (χ4v) is 3.52. The predicted molar refractivity (Wildman–Crippen MR) is 102 cm³/mol. The second-order valence-corrected chi connectivity index (χ2v) is 7.23. The SMILES string of the molecule is Cn1nc(-c2cccs2)cc1COc1cc(-c2n[nH]nc2C#N)cc(C(F)(F)F)c1. The average Bonchev–Trinajstić information content (AvgIpc) is 3.46. The van der Waals surface area contributed by atoms with Gasteiger partial charge in [0.25, 0.3) is 0 Å². The first-order valence-electron chi connectivity index (χ1n) is 8.58. The van der Waals surface area contributed by atoms with Crippen molar-refractivity contribution in [3.05, 3.63) is 58.7 Å². The third kappa shape index (κ3) is 3.90. The second kappa shape index (κ2) is 7.64. The molecule has 1 aromatic carbocycles. The number of hydrogen-bond donors (Lipinski definition) is 1. The number of benzene rings is 1. The Labute approximate surface area is 172 Å². The quantitative estimate of drug-likeness (QED) is 0.507. The Morgan fingerprint density at radius 1 is 1.23 bits per heavy atom. The minimum absolute atomic E-state index is 0.00871. The summed E-state index contributed by atoms with van der Waals surface area (Å²) < 4.78 is 47.4. The molecule has 1 N–H and O–H groups in total. The van der Waals surface area contributed by atoms with Crippen molar-refractivity contribution in [1.29, 1.82) is 5.26 Å². The van der Waals surface area contributed by atoms with Gasteiger partial charge >= 0.3 is 6.18 Å². The smallest absolute Gasteiger partial charge is 0.416 e. The third-order valence-electron chi connectivity index (χ3n) is 4.30. The van der Waals surface area contributed by atoms with E-state index in [2.05, 4.69) is 20.5 Å². The van der Waals surface area contributed by atoms with Crippen molar-refractivity contribution in [2.24, 2.45) is 7.05 Å². The van der Waals surface area contributed by atoms with Crippen LogP contribution in [0.1, 0.15) is 17.0 Å². The lowest BCUT2D eigenvalue weighted by Crippen LogP contribution is -2.07. The number of H-pyrrole nitrogens is 1. The van der Waals surface area contributed by atoms with E-state index in [1.54, 1.807) is 17.8 Å². The maximum absolute atomic E-state index is 13.4. The highest BCUT2D eigenvalue weighted by Gasteiger charge is 2.32. The molecule has 0 amide bonds. The van der Waals surface area contributed by atoms with E-state index in [0.29, 0.717) is 5.69 Å². The van der Waals surface area contributed by atoms with Crippen molar-refractivity contribution >= 4 is 11.3 Å². The van der Waals surface area contributed by atoms with Crippen LogP contribution in [0.3, 0.4) is 0 Å². The van der Waals surface area contributed by atoms with Crippen LogP contribution in [-0.2, 0) is 19.8 Å². The Bertz CT molecular complexity index is 1220. The maximum atomic E-state index is 13.4. The molecule has 0 bridgehead atoms. The van der Waals surface area contributed by atoms with Gasteiger partial charge in [-0.2, -0.15) is 33.8 Å². The lowest BCUT2D eigenvalue weighted by molar-refractivity contribution is -0.137. The van der Waals surface area contributed by atoms with Gasteiger partial charge in [0.2, 0.25) is 0 Å². The summed E-state index contributed by atoms with van der Waals surface area (Å²) in [5, 5.41) is 25.1. The predicted octanol–water partition coefficient (Wildman–Crippen LogP) is 4.40. The zero-order chi connectivity index (χ0) is 21.3. The van der Waals surface area contributed by atoms with E-state index in [1.165, 1.54) is 17.4 Å². The number of nitrogens with zero attached hydrogens (tertiary/aromatic N) is 5. The molecule has 0 spiro atoms. The summed E-state index contributed by atoms with van der Waals surface area (Å²) in [6, 6.07) is 10.7. The van der Waals surface area contributed by atoms with Crippen LogP contribution in [-0.4, -0.2) is 25.2 Å². The Morgan fingerprint density at radius 2 is 2.07 bits per heavy atom. The highest BCUT2D eigenvalue weighted by atomic mass is 32.1. The van der Waals surface area contributed by atoms with E-state index in [-0.39, 0.29) is 29.3 Å². The average molecular weight is 430 g/mol. The van der Waals surface area contributed by atoms with Crippen LogP contribution in [0.5, 0.6) is 5.75 Å². The molecule has 0 aliphatic carbocycles. The Kier molecular flexibility index (Phi) is 5.01. The van der Waals surface area contributed by atoms with Crippen LogP contribution in [0, 0.1) is 11.3 Å². The molecule has 0 saturated carbocycles. The molecule has 0 unspecified atom stereocenters. The van der Waals surface area contributed by atoms with E-state index in [4.69, 9.17) is 10.00 Å². The number of alkyl halides is 3. The van der Waals surface area contributed by atoms with Crippen LogP contribution >= 0.6 is 11.3 Å². The van der Waals surface area contributed by atoms with E-state index in [9.17, 15) is 13.2 Å². The fourth-order valence-electron chi connectivity index (χ4n) is 2.84. The molecule has 0 fully saturated rings. The normalized spacial score (nSPS) is 11.4. The van der Waals surface area contributed by atoms with Gasteiger partial charge in [-0.05, 0) is 35.7 Å². The number of nitrogens with one attached hydrogen (secondary N) is 1. The van der Waals surface area contributed by atoms with E-state index < -0.39 is 11.7 Å². The topological polar surface area (TPSA) is 92.4 Å². The highest BCUT2D eigenvalue weighted by Crippen LogP contribution is 2.36. The van der Waals surface area contributed by atoms with Gasteiger partial charge in [0.05, 0.1) is 16.1 Å². The fraction of sp³-hybridized carbons (Fsp3) is 0.158. The van der Waals surface area contributed by atoms with Crippen LogP contribution in [0.15, 0.2) is 41.8 Å². The van der Waals surface area contributed by atoms with Crippen molar-refractivity contribution < 1.29 is 17.9 Å². The first-order chi connectivity index (χ1) is 14.3. The summed E-state index contributed by atoms with van der Waals surface area (Å²) in [6.07, 6.45) is -4.59. The Balaban J connectivity index is 1.64. The number of rotatable bonds is 5. The van der Waals surface area contributed by atoms with Crippen LogP contribution < -0.4 is 4.74 Å². The molecule has 0 saturated heterocycles. The van der Waals surface area contributed by atoms with Crippen LogP contribution in [0.25, 0.3) is 21.8 Å². The van der Waals surface area contributed by atoms with E-state index in [1.807, 2.05) is 23.6 Å². The zero-order valence-electron chi connectivity index (χ0n) is 15.4. The number of aromatic amines is 1. The van der Waals surface area contributed by atoms with Gasteiger partial charge < -0.3 is 4.74 Å². The molecule has 0 atom stereocenters. The van der Waals surface area contributed by atoms with E-state index >= 15 is 0 Å². The molecule has 3 heterocycles. The molecular weight excluding hydrogens is 417 g/mol. The summed E-state index contributed by atoms with van der Waals surface area (Å²) in [7, 11) is 1.74. The van der Waals surface area contributed by atoms with Crippen LogP contribution in [0.4, 0.5) is 13.2 Å². The molecule has 0 aliphatic heterocycles. The standard InChI is InChI=1S/C19H13F3N6OS/c1-28-13(8-15(26-28)17-3-2-4-30-17)10-29-14-6-11(5-12(7-14)19(20,21)22)18-16(9-23)24-27-25-18/h2-8H,10H2,1H3,(H,24,25,27). The lowest BCUT2D eigenvalue weighted by atomic mass is 10.1. The first-order valence-corrected chi connectivity index (χ1v) is 9.46. The number of thiophene rings is 1. The van der Waals surface area contributed by atoms with Crippen LogP contribution in [0.2, 0.25) is 0 Å². The molecule has 4 aromatic rings. The van der Waals surface area contributed by atoms with Gasteiger partial charge in [0.1, 0.15) is 29.8 Å². The number of aromatic nitrogens is 5. The number of aryl methyl sites for hydroxylation is 1. The molecule has 152 valence electrons. The van der Waals surface area contributed by atoms with Gasteiger partial charge in [0, 0.05) is 12.6 Å².